The molecular weight excluding hydrogens is 259 g/mol. The van der Waals surface area contributed by atoms with Crippen LogP contribution in [0.25, 0.3) is 0 Å². The number of nitrogens with zero attached hydrogens (tertiary/aromatic N) is 2. The smallest absolute Gasteiger partial charge is 0.166 e. The van der Waals surface area contributed by atoms with E-state index in [0.29, 0.717) is 22.3 Å². The molecule has 2 unspecified atom stereocenters. The standard InChI is InChI=1S/C11H14BrFN2/c1-7-3-4-15(8(7)2)11-10(13)5-9(12)6-14-11/h5-8H,3-4H2,1-2H3. The van der Waals surface area contributed by atoms with Gasteiger partial charge in [-0.25, -0.2) is 9.37 Å². The Morgan fingerprint density at radius 3 is 2.80 bits per heavy atom. The molecular formula is C11H14BrFN2. The van der Waals surface area contributed by atoms with E-state index < -0.39 is 0 Å². The Morgan fingerprint density at radius 1 is 1.53 bits per heavy atom. The number of anilines is 1. The molecule has 2 atom stereocenters. The maximum atomic E-state index is 13.7. The highest BCUT2D eigenvalue weighted by Gasteiger charge is 2.29. The lowest BCUT2D eigenvalue weighted by atomic mass is 10.1. The molecule has 15 heavy (non-hydrogen) atoms. The van der Waals surface area contributed by atoms with Crippen LogP contribution in [0.1, 0.15) is 20.3 Å². The molecule has 82 valence electrons. The van der Waals surface area contributed by atoms with Crippen molar-refractivity contribution in [1.82, 2.24) is 4.98 Å². The molecule has 0 radical (unpaired) electrons. The second kappa shape index (κ2) is 4.08. The summed E-state index contributed by atoms with van der Waals surface area (Å²) in [6, 6.07) is 1.84. The van der Waals surface area contributed by atoms with E-state index in [1.165, 1.54) is 6.07 Å². The Kier molecular flexibility index (Phi) is 2.96. The third-order valence-electron chi connectivity index (χ3n) is 3.20. The minimum absolute atomic E-state index is 0.245. The van der Waals surface area contributed by atoms with Crippen molar-refractivity contribution in [1.29, 1.82) is 0 Å². The summed E-state index contributed by atoms with van der Waals surface area (Å²) in [5.41, 5.74) is 0. The van der Waals surface area contributed by atoms with Gasteiger partial charge in [-0.1, -0.05) is 6.92 Å². The number of rotatable bonds is 1. The molecule has 1 saturated heterocycles. The van der Waals surface area contributed by atoms with E-state index in [1.807, 2.05) is 4.90 Å². The van der Waals surface area contributed by atoms with Crippen LogP contribution in [0, 0.1) is 11.7 Å². The maximum Gasteiger partial charge on any atom is 0.166 e. The Balaban J connectivity index is 2.30. The zero-order chi connectivity index (χ0) is 11.0. The fraction of sp³-hybridized carbons (Fsp3) is 0.545. The van der Waals surface area contributed by atoms with E-state index in [1.54, 1.807) is 6.20 Å². The molecule has 2 heterocycles. The zero-order valence-corrected chi connectivity index (χ0v) is 10.5. The van der Waals surface area contributed by atoms with E-state index in [0.717, 1.165) is 13.0 Å². The first-order valence-corrected chi connectivity index (χ1v) is 5.96. The van der Waals surface area contributed by atoms with Gasteiger partial charge in [0.15, 0.2) is 11.6 Å². The summed E-state index contributed by atoms with van der Waals surface area (Å²) in [6.45, 7) is 5.22. The third kappa shape index (κ3) is 2.00. The first kappa shape index (κ1) is 10.9. The summed E-state index contributed by atoms with van der Waals surface area (Å²) in [4.78, 5) is 6.20. The van der Waals surface area contributed by atoms with Gasteiger partial charge in [0, 0.05) is 23.3 Å². The summed E-state index contributed by atoms with van der Waals surface area (Å²) >= 11 is 3.21. The predicted octanol–water partition coefficient (Wildman–Crippen LogP) is 3.22. The largest absolute Gasteiger partial charge is 0.351 e. The molecule has 2 nitrogen and oxygen atoms in total. The van der Waals surface area contributed by atoms with Gasteiger partial charge in [-0.05, 0) is 41.3 Å². The van der Waals surface area contributed by atoms with Crippen molar-refractivity contribution >= 4 is 21.7 Å². The second-order valence-corrected chi connectivity index (χ2v) is 5.07. The van der Waals surface area contributed by atoms with Crippen LogP contribution in [0.4, 0.5) is 10.2 Å². The molecule has 0 bridgehead atoms. The van der Waals surface area contributed by atoms with Crippen molar-refractivity contribution < 1.29 is 4.39 Å². The topological polar surface area (TPSA) is 16.1 Å². The van der Waals surface area contributed by atoms with Gasteiger partial charge in [-0.2, -0.15) is 0 Å². The van der Waals surface area contributed by atoms with Gasteiger partial charge < -0.3 is 4.90 Å². The number of hydrogen-bond acceptors (Lipinski definition) is 2. The van der Waals surface area contributed by atoms with Crippen LogP contribution in [0.2, 0.25) is 0 Å². The number of hydrogen-bond donors (Lipinski definition) is 0. The SMILES string of the molecule is CC1CCN(c2ncc(Br)cc2F)C1C. The lowest BCUT2D eigenvalue weighted by molar-refractivity contribution is 0.536. The number of aromatic nitrogens is 1. The van der Waals surface area contributed by atoms with E-state index in [4.69, 9.17) is 0 Å². The van der Waals surface area contributed by atoms with Crippen LogP contribution in [-0.2, 0) is 0 Å². The summed E-state index contributed by atoms with van der Waals surface area (Å²) in [5.74, 6) is 0.843. The maximum absolute atomic E-state index is 13.7. The van der Waals surface area contributed by atoms with E-state index in [-0.39, 0.29) is 5.82 Å². The van der Waals surface area contributed by atoms with Gasteiger partial charge in [0.05, 0.1) is 0 Å². The Hall–Kier alpha value is -0.640. The molecule has 1 fully saturated rings. The highest BCUT2D eigenvalue weighted by atomic mass is 79.9. The summed E-state index contributed by atoms with van der Waals surface area (Å²) in [7, 11) is 0. The number of halogens is 2. The van der Waals surface area contributed by atoms with Crippen LogP contribution >= 0.6 is 15.9 Å². The number of pyridine rings is 1. The molecule has 1 aliphatic heterocycles. The highest BCUT2D eigenvalue weighted by molar-refractivity contribution is 9.10. The molecule has 0 aromatic carbocycles. The Bertz CT molecular complexity index is 370. The van der Waals surface area contributed by atoms with Crippen molar-refractivity contribution in [3.8, 4) is 0 Å². The summed E-state index contributed by atoms with van der Waals surface area (Å²) in [6.07, 6.45) is 2.76. The molecule has 0 amide bonds. The summed E-state index contributed by atoms with van der Waals surface area (Å²) in [5, 5.41) is 0. The molecule has 0 N–H and O–H groups in total. The van der Waals surface area contributed by atoms with Gasteiger partial charge in [0.2, 0.25) is 0 Å². The third-order valence-corrected chi connectivity index (χ3v) is 3.63. The Labute approximate surface area is 97.6 Å². The average Bonchev–Trinajstić information content (AvgIpc) is 2.49. The lowest BCUT2D eigenvalue weighted by Gasteiger charge is -2.24. The average molecular weight is 273 g/mol. The summed E-state index contributed by atoms with van der Waals surface area (Å²) < 4.78 is 14.4. The minimum Gasteiger partial charge on any atom is -0.351 e. The van der Waals surface area contributed by atoms with Crippen molar-refractivity contribution in [2.45, 2.75) is 26.3 Å². The predicted molar refractivity (Wildman–Crippen MR) is 62.5 cm³/mol. The van der Waals surface area contributed by atoms with Gasteiger partial charge in [-0.3, -0.25) is 0 Å². The molecule has 1 aromatic rings. The van der Waals surface area contributed by atoms with Gasteiger partial charge in [-0.15, -0.1) is 0 Å². The molecule has 1 aliphatic rings. The van der Waals surface area contributed by atoms with E-state index in [2.05, 4.69) is 34.8 Å². The van der Waals surface area contributed by atoms with Crippen LogP contribution in [-0.4, -0.2) is 17.6 Å². The Morgan fingerprint density at radius 2 is 2.27 bits per heavy atom. The van der Waals surface area contributed by atoms with Crippen molar-refractivity contribution in [3.05, 3.63) is 22.6 Å². The fourth-order valence-electron chi connectivity index (χ4n) is 2.01. The van der Waals surface area contributed by atoms with Crippen LogP contribution in [0.3, 0.4) is 0 Å². The molecule has 1 aromatic heterocycles. The first-order valence-electron chi connectivity index (χ1n) is 5.17. The fourth-order valence-corrected chi connectivity index (χ4v) is 2.32. The molecule has 0 aliphatic carbocycles. The highest BCUT2D eigenvalue weighted by Crippen LogP contribution is 2.30. The molecule has 4 heteroatoms. The van der Waals surface area contributed by atoms with Crippen molar-refractivity contribution in [2.75, 3.05) is 11.4 Å². The normalized spacial score (nSPS) is 26.0. The quantitative estimate of drug-likeness (QED) is 0.781. The molecule has 0 spiro atoms. The van der Waals surface area contributed by atoms with Crippen molar-refractivity contribution in [3.63, 3.8) is 0 Å². The first-order chi connectivity index (χ1) is 7.09. The van der Waals surface area contributed by atoms with Crippen LogP contribution in [0.15, 0.2) is 16.7 Å². The van der Waals surface area contributed by atoms with Gasteiger partial charge in [0.1, 0.15) is 0 Å². The van der Waals surface area contributed by atoms with Crippen LogP contribution < -0.4 is 4.90 Å². The van der Waals surface area contributed by atoms with E-state index in [9.17, 15) is 4.39 Å². The van der Waals surface area contributed by atoms with Crippen LogP contribution in [0.5, 0.6) is 0 Å². The second-order valence-electron chi connectivity index (χ2n) is 4.16. The van der Waals surface area contributed by atoms with Gasteiger partial charge in [0.25, 0.3) is 0 Å². The molecule has 2 rings (SSSR count). The minimum atomic E-state index is -0.245. The monoisotopic (exact) mass is 272 g/mol. The van der Waals surface area contributed by atoms with Crippen molar-refractivity contribution in [2.24, 2.45) is 5.92 Å². The van der Waals surface area contributed by atoms with Gasteiger partial charge >= 0.3 is 0 Å². The lowest BCUT2D eigenvalue weighted by Crippen LogP contribution is -2.30. The molecule has 0 saturated carbocycles. The zero-order valence-electron chi connectivity index (χ0n) is 8.87. The van der Waals surface area contributed by atoms with E-state index >= 15 is 0 Å².